The minimum Gasteiger partial charge on any atom is -0.468 e. The van der Waals surface area contributed by atoms with E-state index in [1.165, 1.54) is 13.2 Å². The molecule has 100 valence electrons. The van der Waals surface area contributed by atoms with E-state index >= 15 is 0 Å². The molecule has 1 aromatic carbocycles. The number of ether oxygens (including phenoxy) is 2. The minimum absolute atomic E-state index is 0.0945. The Morgan fingerprint density at radius 2 is 2.06 bits per heavy atom. The Bertz CT molecular complexity index is 399. The van der Waals surface area contributed by atoms with Crippen LogP contribution in [0.4, 0.5) is 8.78 Å². The van der Waals surface area contributed by atoms with E-state index in [1.807, 2.05) is 0 Å². The van der Waals surface area contributed by atoms with Crippen LogP contribution in [0.25, 0.3) is 0 Å². The topological polar surface area (TPSA) is 47.6 Å². The molecule has 0 saturated heterocycles. The van der Waals surface area contributed by atoms with E-state index in [1.54, 1.807) is 25.1 Å². The van der Waals surface area contributed by atoms with Gasteiger partial charge in [0.1, 0.15) is 11.8 Å². The summed E-state index contributed by atoms with van der Waals surface area (Å²) in [5.41, 5.74) is 0.550. The fourth-order valence-electron chi connectivity index (χ4n) is 1.38. The number of hydrogen-bond acceptors (Lipinski definition) is 4. The van der Waals surface area contributed by atoms with Crippen LogP contribution in [0.15, 0.2) is 24.3 Å². The lowest BCUT2D eigenvalue weighted by Gasteiger charge is -2.14. The van der Waals surface area contributed by atoms with Gasteiger partial charge < -0.3 is 14.8 Å². The summed E-state index contributed by atoms with van der Waals surface area (Å²) in [7, 11) is 1.29. The second-order valence-corrected chi connectivity index (χ2v) is 3.61. The van der Waals surface area contributed by atoms with Crippen LogP contribution in [0.5, 0.6) is 5.75 Å². The highest BCUT2D eigenvalue weighted by Crippen LogP contribution is 2.20. The molecule has 0 radical (unpaired) electrons. The zero-order chi connectivity index (χ0) is 13.5. The zero-order valence-corrected chi connectivity index (χ0v) is 10.2. The van der Waals surface area contributed by atoms with E-state index < -0.39 is 18.6 Å². The van der Waals surface area contributed by atoms with Crippen molar-refractivity contribution in [3.63, 3.8) is 0 Å². The fourth-order valence-corrected chi connectivity index (χ4v) is 1.38. The Morgan fingerprint density at radius 3 is 2.67 bits per heavy atom. The summed E-state index contributed by atoms with van der Waals surface area (Å²) in [4.78, 5) is 11.2. The van der Waals surface area contributed by atoms with Crippen LogP contribution < -0.4 is 10.1 Å². The van der Waals surface area contributed by atoms with E-state index in [-0.39, 0.29) is 12.3 Å². The number of alkyl halides is 2. The maximum atomic E-state index is 12.2. The van der Waals surface area contributed by atoms with Crippen LogP contribution >= 0.6 is 0 Å². The molecule has 0 amide bonds. The molecule has 0 heterocycles. The number of nitrogens with one attached hydrogen (secondary N) is 1. The SMILES string of the molecule is COC(=O)[C@H](C)NCc1ccccc1OC(F)F. The lowest BCUT2D eigenvalue weighted by molar-refractivity contribution is -0.142. The molecular weight excluding hydrogens is 244 g/mol. The summed E-state index contributed by atoms with van der Waals surface area (Å²) >= 11 is 0. The third-order valence-electron chi connectivity index (χ3n) is 2.34. The Kier molecular flexibility index (Phi) is 5.51. The molecule has 4 nitrogen and oxygen atoms in total. The first-order chi connectivity index (χ1) is 8.54. The Labute approximate surface area is 104 Å². The number of methoxy groups -OCH3 is 1. The number of carbonyl (C=O) groups is 1. The van der Waals surface area contributed by atoms with Crippen molar-refractivity contribution in [3.05, 3.63) is 29.8 Å². The van der Waals surface area contributed by atoms with Crippen LogP contribution in [-0.4, -0.2) is 25.7 Å². The Morgan fingerprint density at radius 1 is 1.39 bits per heavy atom. The normalized spacial score (nSPS) is 12.3. The summed E-state index contributed by atoms with van der Waals surface area (Å²) in [6, 6.07) is 5.89. The first kappa shape index (κ1) is 14.4. The molecule has 0 unspecified atom stereocenters. The Balaban J connectivity index is 2.64. The molecule has 0 spiro atoms. The summed E-state index contributed by atoms with van der Waals surface area (Å²) in [6.45, 7) is -1.01. The summed E-state index contributed by atoms with van der Waals surface area (Å²) in [6.07, 6.45) is 0. The maximum absolute atomic E-state index is 12.2. The largest absolute Gasteiger partial charge is 0.468 e. The van der Waals surface area contributed by atoms with E-state index in [2.05, 4.69) is 14.8 Å². The average molecular weight is 259 g/mol. The van der Waals surface area contributed by atoms with Crippen LogP contribution in [0.2, 0.25) is 0 Å². The van der Waals surface area contributed by atoms with Crippen molar-refractivity contribution in [1.82, 2.24) is 5.32 Å². The quantitative estimate of drug-likeness (QED) is 0.793. The number of esters is 1. The van der Waals surface area contributed by atoms with Gasteiger partial charge in [-0.3, -0.25) is 4.79 Å². The predicted octanol–water partition coefficient (Wildman–Crippen LogP) is 1.94. The lowest BCUT2D eigenvalue weighted by atomic mass is 10.2. The van der Waals surface area contributed by atoms with Crippen molar-refractivity contribution in [1.29, 1.82) is 0 Å². The van der Waals surface area contributed by atoms with Gasteiger partial charge in [-0.25, -0.2) is 0 Å². The van der Waals surface area contributed by atoms with Gasteiger partial charge in [0, 0.05) is 12.1 Å². The van der Waals surface area contributed by atoms with Gasteiger partial charge in [0.05, 0.1) is 7.11 Å². The first-order valence-electron chi connectivity index (χ1n) is 5.38. The molecule has 18 heavy (non-hydrogen) atoms. The number of benzene rings is 1. The molecule has 0 aliphatic heterocycles. The van der Waals surface area contributed by atoms with Crippen molar-refractivity contribution in [3.8, 4) is 5.75 Å². The zero-order valence-electron chi connectivity index (χ0n) is 10.2. The van der Waals surface area contributed by atoms with Crippen molar-refractivity contribution in [2.24, 2.45) is 0 Å². The number of carbonyl (C=O) groups excluding carboxylic acids is 1. The highest BCUT2D eigenvalue weighted by Gasteiger charge is 2.14. The van der Waals surface area contributed by atoms with Gasteiger partial charge in [0.2, 0.25) is 0 Å². The highest BCUT2D eigenvalue weighted by atomic mass is 19.3. The summed E-state index contributed by atoms with van der Waals surface area (Å²) in [5, 5.41) is 2.86. The smallest absolute Gasteiger partial charge is 0.387 e. The third-order valence-corrected chi connectivity index (χ3v) is 2.34. The molecule has 0 aliphatic rings. The van der Waals surface area contributed by atoms with Crippen molar-refractivity contribution in [2.45, 2.75) is 26.1 Å². The van der Waals surface area contributed by atoms with Gasteiger partial charge in [0.15, 0.2) is 0 Å². The molecule has 1 atom stereocenters. The lowest BCUT2D eigenvalue weighted by Crippen LogP contribution is -2.34. The third kappa shape index (κ3) is 4.29. The predicted molar refractivity (Wildman–Crippen MR) is 61.4 cm³/mol. The molecule has 1 aromatic rings. The molecule has 6 heteroatoms. The monoisotopic (exact) mass is 259 g/mol. The molecule has 0 saturated carbocycles. The Hall–Kier alpha value is -1.69. The number of para-hydroxylation sites is 1. The van der Waals surface area contributed by atoms with Gasteiger partial charge in [-0.2, -0.15) is 8.78 Å². The number of hydrogen-bond donors (Lipinski definition) is 1. The van der Waals surface area contributed by atoms with Gasteiger partial charge in [0.25, 0.3) is 0 Å². The van der Waals surface area contributed by atoms with Gasteiger partial charge in [-0.15, -0.1) is 0 Å². The fraction of sp³-hybridized carbons (Fsp3) is 0.417. The minimum atomic E-state index is -2.87. The second-order valence-electron chi connectivity index (χ2n) is 3.61. The van der Waals surface area contributed by atoms with Gasteiger partial charge >= 0.3 is 12.6 Å². The van der Waals surface area contributed by atoms with E-state index in [4.69, 9.17) is 0 Å². The van der Waals surface area contributed by atoms with E-state index in [9.17, 15) is 13.6 Å². The molecule has 1 rings (SSSR count). The van der Waals surface area contributed by atoms with E-state index in [0.29, 0.717) is 5.56 Å². The standard InChI is InChI=1S/C12H15F2NO3/c1-8(11(16)17-2)15-7-9-5-3-4-6-10(9)18-12(13)14/h3-6,8,12,15H,7H2,1-2H3/t8-/m0/s1. The second kappa shape index (κ2) is 6.90. The number of rotatable bonds is 6. The van der Waals surface area contributed by atoms with Crippen molar-refractivity contribution >= 4 is 5.97 Å². The van der Waals surface area contributed by atoms with Crippen LogP contribution in [0.1, 0.15) is 12.5 Å². The highest BCUT2D eigenvalue weighted by molar-refractivity contribution is 5.75. The van der Waals surface area contributed by atoms with Crippen LogP contribution in [0, 0.1) is 0 Å². The van der Waals surface area contributed by atoms with E-state index in [0.717, 1.165) is 0 Å². The number of halogens is 2. The van der Waals surface area contributed by atoms with Gasteiger partial charge in [-0.1, -0.05) is 18.2 Å². The average Bonchev–Trinajstić information content (AvgIpc) is 2.35. The van der Waals surface area contributed by atoms with Crippen LogP contribution in [-0.2, 0) is 16.1 Å². The molecule has 0 aliphatic carbocycles. The molecule has 0 aromatic heterocycles. The van der Waals surface area contributed by atoms with Crippen molar-refractivity contribution < 1.29 is 23.0 Å². The van der Waals surface area contributed by atoms with Crippen LogP contribution in [0.3, 0.4) is 0 Å². The summed E-state index contributed by atoms with van der Waals surface area (Å²) < 4.78 is 33.2. The maximum Gasteiger partial charge on any atom is 0.387 e. The molecule has 0 fully saturated rings. The van der Waals surface area contributed by atoms with Crippen molar-refractivity contribution in [2.75, 3.05) is 7.11 Å². The first-order valence-corrected chi connectivity index (χ1v) is 5.38. The molecule has 0 bridgehead atoms. The molecule has 1 N–H and O–H groups in total. The summed E-state index contributed by atoms with van der Waals surface area (Å²) in [5.74, 6) is -0.320. The molecular formula is C12H15F2NO3. The van der Waals surface area contributed by atoms with Gasteiger partial charge in [-0.05, 0) is 13.0 Å².